The molecule has 0 saturated heterocycles. The van der Waals surface area contributed by atoms with Crippen LogP contribution in [0.1, 0.15) is 52.9 Å². The number of hydrogen-bond donors (Lipinski definition) is 1. The maximum atomic E-state index is 9.44. The zero-order chi connectivity index (χ0) is 12.4. The van der Waals surface area contributed by atoms with E-state index in [-0.39, 0.29) is 6.10 Å². The lowest BCUT2D eigenvalue weighted by Gasteiger charge is -2.07. The van der Waals surface area contributed by atoms with E-state index < -0.39 is 0 Å². The zero-order valence-electron chi connectivity index (χ0n) is 10.8. The van der Waals surface area contributed by atoms with Crippen molar-refractivity contribution in [1.29, 1.82) is 0 Å². The summed E-state index contributed by atoms with van der Waals surface area (Å²) in [5.74, 6) is 0.608. The van der Waals surface area contributed by atoms with Crippen molar-refractivity contribution in [3.63, 3.8) is 0 Å². The quantitative estimate of drug-likeness (QED) is 0.494. The molecule has 0 aliphatic rings. The van der Waals surface area contributed by atoms with E-state index in [9.17, 15) is 5.11 Å². The van der Waals surface area contributed by atoms with Gasteiger partial charge in [0.2, 0.25) is 0 Å². The lowest BCUT2D eigenvalue weighted by molar-refractivity contribution is 0.160. The second kappa shape index (κ2) is 9.92. The molecule has 0 radical (unpaired) electrons. The van der Waals surface area contributed by atoms with Gasteiger partial charge in [-0.15, -0.1) is 11.6 Å². The van der Waals surface area contributed by atoms with Crippen LogP contribution in [0.15, 0.2) is 23.3 Å². The molecule has 2 heteroatoms. The summed E-state index contributed by atoms with van der Waals surface area (Å²) in [6, 6.07) is 0. The highest BCUT2D eigenvalue weighted by atomic mass is 35.5. The Bertz CT molecular complexity index is 231. The highest BCUT2D eigenvalue weighted by Crippen LogP contribution is 2.12. The molecule has 0 fully saturated rings. The van der Waals surface area contributed by atoms with Gasteiger partial charge < -0.3 is 5.11 Å². The summed E-state index contributed by atoms with van der Waals surface area (Å²) in [4.78, 5) is 0. The van der Waals surface area contributed by atoms with Crippen LogP contribution in [0.2, 0.25) is 0 Å². The third kappa shape index (κ3) is 8.99. The first-order valence-corrected chi connectivity index (χ1v) is 6.68. The molecule has 0 aromatic rings. The first-order chi connectivity index (χ1) is 7.60. The third-order valence-corrected chi connectivity index (χ3v) is 2.95. The molecule has 0 aliphatic heterocycles. The van der Waals surface area contributed by atoms with E-state index in [1.165, 1.54) is 11.1 Å². The molecule has 1 nitrogen and oxygen atoms in total. The molecule has 0 unspecified atom stereocenters. The summed E-state index contributed by atoms with van der Waals surface area (Å²) in [7, 11) is 0. The van der Waals surface area contributed by atoms with Crippen molar-refractivity contribution in [3.05, 3.63) is 23.3 Å². The number of alkyl halides is 1. The normalized spacial score (nSPS) is 15.3. The molecular formula is C14H25ClO. The van der Waals surface area contributed by atoms with Crippen LogP contribution < -0.4 is 0 Å². The minimum absolute atomic E-state index is 0.138. The lowest BCUT2D eigenvalue weighted by Crippen LogP contribution is -2.03. The van der Waals surface area contributed by atoms with Crippen LogP contribution >= 0.6 is 11.6 Å². The minimum Gasteiger partial charge on any atom is -0.393 e. The van der Waals surface area contributed by atoms with Gasteiger partial charge in [-0.1, -0.05) is 30.2 Å². The molecule has 0 spiro atoms. The van der Waals surface area contributed by atoms with Gasteiger partial charge in [-0.2, -0.15) is 0 Å². The van der Waals surface area contributed by atoms with E-state index in [0.29, 0.717) is 5.88 Å². The van der Waals surface area contributed by atoms with Crippen molar-refractivity contribution in [2.24, 2.45) is 0 Å². The number of halogens is 1. The Morgan fingerprint density at radius 1 is 1.19 bits per heavy atom. The van der Waals surface area contributed by atoms with Gasteiger partial charge in [0.25, 0.3) is 0 Å². The lowest BCUT2D eigenvalue weighted by atomic mass is 10.0. The predicted octanol–water partition coefficient (Wildman–Crippen LogP) is 4.45. The standard InChI is InChI=1S/C14H25ClO/c1-4-14(16)9-8-12(2)6-5-7-13(3)10-11-15/h6,10,14,16H,4-5,7-9,11H2,1-3H3/b12-6+,13-10+/t14-/m1/s1. The second-order valence-corrected chi connectivity index (χ2v) is 4.70. The zero-order valence-corrected chi connectivity index (χ0v) is 11.6. The third-order valence-electron chi connectivity index (χ3n) is 2.80. The van der Waals surface area contributed by atoms with Crippen LogP contribution in [-0.4, -0.2) is 17.1 Å². The van der Waals surface area contributed by atoms with Gasteiger partial charge in [0.05, 0.1) is 6.10 Å². The van der Waals surface area contributed by atoms with Crippen LogP contribution in [-0.2, 0) is 0 Å². The number of allylic oxidation sites excluding steroid dienone is 4. The Morgan fingerprint density at radius 3 is 2.38 bits per heavy atom. The fourth-order valence-corrected chi connectivity index (χ4v) is 1.74. The number of hydrogen-bond acceptors (Lipinski definition) is 1. The molecule has 0 heterocycles. The van der Waals surface area contributed by atoms with Crippen LogP contribution in [0.5, 0.6) is 0 Å². The molecule has 16 heavy (non-hydrogen) atoms. The van der Waals surface area contributed by atoms with Gasteiger partial charge in [-0.3, -0.25) is 0 Å². The molecule has 1 N–H and O–H groups in total. The monoisotopic (exact) mass is 244 g/mol. The van der Waals surface area contributed by atoms with Crippen LogP contribution in [0, 0.1) is 0 Å². The fourth-order valence-electron chi connectivity index (χ4n) is 1.48. The SMILES string of the molecule is CC[C@@H](O)CC/C(C)=C/CC/C(C)=C/CCl. The second-order valence-electron chi connectivity index (χ2n) is 4.39. The molecule has 0 saturated carbocycles. The van der Waals surface area contributed by atoms with E-state index in [2.05, 4.69) is 26.0 Å². The maximum absolute atomic E-state index is 9.44. The molecular weight excluding hydrogens is 220 g/mol. The highest BCUT2D eigenvalue weighted by molar-refractivity contribution is 6.18. The van der Waals surface area contributed by atoms with Gasteiger partial charge in [-0.25, -0.2) is 0 Å². The van der Waals surface area contributed by atoms with E-state index in [1.807, 2.05) is 6.92 Å². The fraction of sp³-hybridized carbons (Fsp3) is 0.714. The van der Waals surface area contributed by atoms with Crippen molar-refractivity contribution in [2.45, 2.75) is 59.0 Å². The van der Waals surface area contributed by atoms with E-state index >= 15 is 0 Å². The van der Waals surface area contributed by atoms with Crippen LogP contribution in [0.3, 0.4) is 0 Å². The molecule has 0 amide bonds. The summed E-state index contributed by atoms with van der Waals surface area (Å²) in [5.41, 5.74) is 2.74. The first kappa shape index (κ1) is 15.7. The van der Waals surface area contributed by atoms with Crippen molar-refractivity contribution in [2.75, 3.05) is 5.88 Å². The highest BCUT2D eigenvalue weighted by Gasteiger charge is 2.00. The minimum atomic E-state index is -0.138. The smallest absolute Gasteiger partial charge is 0.0540 e. The Labute approximate surface area is 105 Å². The van der Waals surface area contributed by atoms with Crippen molar-refractivity contribution in [1.82, 2.24) is 0 Å². The molecule has 0 aliphatic carbocycles. The van der Waals surface area contributed by atoms with Gasteiger partial charge in [0.1, 0.15) is 0 Å². The van der Waals surface area contributed by atoms with E-state index in [0.717, 1.165) is 32.1 Å². The van der Waals surface area contributed by atoms with Crippen molar-refractivity contribution in [3.8, 4) is 0 Å². The molecule has 0 aromatic carbocycles. The molecule has 0 aromatic heterocycles. The Morgan fingerprint density at radius 2 is 1.81 bits per heavy atom. The average Bonchev–Trinajstić information content (AvgIpc) is 2.26. The summed E-state index contributed by atoms with van der Waals surface area (Å²) in [5, 5.41) is 9.44. The Hall–Kier alpha value is -0.270. The molecule has 94 valence electrons. The van der Waals surface area contributed by atoms with E-state index in [4.69, 9.17) is 11.6 Å². The van der Waals surface area contributed by atoms with Crippen LogP contribution in [0.25, 0.3) is 0 Å². The molecule has 0 rings (SSSR count). The van der Waals surface area contributed by atoms with Gasteiger partial charge in [0.15, 0.2) is 0 Å². The largest absolute Gasteiger partial charge is 0.393 e. The topological polar surface area (TPSA) is 20.2 Å². The number of aliphatic hydroxyl groups excluding tert-OH is 1. The predicted molar refractivity (Wildman–Crippen MR) is 73.0 cm³/mol. The summed E-state index contributed by atoms with van der Waals surface area (Å²) < 4.78 is 0. The van der Waals surface area contributed by atoms with Gasteiger partial charge in [0, 0.05) is 5.88 Å². The number of aliphatic hydroxyl groups is 1. The Kier molecular flexibility index (Phi) is 9.75. The Balaban J connectivity index is 3.74. The van der Waals surface area contributed by atoms with Crippen LogP contribution in [0.4, 0.5) is 0 Å². The summed E-state index contributed by atoms with van der Waals surface area (Å²) in [6.45, 7) is 6.28. The van der Waals surface area contributed by atoms with Crippen molar-refractivity contribution < 1.29 is 5.11 Å². The van der Waals surface area contributed by atoms with Gasteiger partial charge in [-0.05, 0) is 46.0 Å². The average molecular weight is 245 g/mol. The summed E-state index contributed by atoms with van der Waals surface area (Å²) in [6.07, 6.45) is 9.10. The van der Waals surface area contributed by atoms with Crippen molar-refractivity contribution >= 4 is 11.6 Å². The molecule has 1 atom stereocenters. The number of rotatable bonds is 8. The molecule has 0 bridgehead atoms. The summed E-state index contributed by atoms with van der Waals surface area (Å²) >= 11 is 5.62. The van der Waals surface area contributed by atoms with Gasteiger partial charge >= 0.3 is 0 Å². The first-order valence-electron chi connectivity index (χ1n) is 6.15. The van der Waals surface area contributed by atoms with E-state index in [1.54, 1.807) is 0 Å². The maximum Gasteiger partial charge on any atom is 0.0540 e.